The number of amides is 3. The molecule has 9 nitrogen and oxygen atoms in total. The zero-order chi connectivity index (χ0) is 20.7. The number of nitrogens with zero attached hydrogens (tertiary/aromatic N) is 1. The standard InChI is InChI=1S/C17H14Cl2N4O5/c18-11-3-1-2-4-13(11)20-15(24)7-8-16(25)21-22-17(26)10-5-6-12(19)14(9-10)23(27)28/h1-6,9H,7-8H2,(H,20,24)(H,21,25)(H,22,26). The summed E-state index contributed by atoms with van der Waals surface area (Å²) in [7, 11) is 0. The van der Waals surface area contributed by atoms with Crippen LogP contribution in [-0.2, 0) is 9.59 Å². The van der Waals surface area contributed by atoms with Crippen LogP contribution in [0.1, 0.15) is 23.2 Å². The predicted molar refractivity (Wildman–Crippen MR) is 103 cm³/mol. The number of hydrogen-bond donors (Lipinski definition) is 3. The summed E-state index contributed by atoms with van der Waals surface area (Å²) in [6, 6.07) is 10.1. The van der Waals surface area contributed by atoms with E-state index in [2.05, 4.69) is 16.2 Å². The first-order chi connectivity index (χ1) is 13.3. The molecule has 0 radical (unpaired) electrons. The van der Waals surface area contributed by atoms with Crippen LogP contribution in [0.15, 0.2) is 42.5 Å². The molecule has 0 heterocycles. The van der Waals surface area contributed by atoms with E-state index in [9.17, 15) is 24.5 Å². The van der Waals surface area contributed by atoms with Crippen molar-refractivity contribution in [1.82, 2.24) is 10.9 Å². The van der Waals surface area contributed by atoms with Gasteiger partial charge < -0.3 is 5.32 Å². The minimum atomic E-state index is -0.770. The quantitative estimate of drug-likeness (QED) is 0.484. The van der Waals surface area contributed by atoms with Gasteiger partial charge in [0.2, 0.25) is 11.8 Å². The maximum Gasteiger partial charge on any atom is 0.288 e. The molecule has 146 valence electrons. The summed E-state index contributed by atoms with van der Waals surface area (Å²) < 4.78 is 0. The van der Waals surface area contributed by atoms with E-state index in [0.29, 0.717) is 10.7 Å². The van der Waals surface area contributed by atoms with Crippen molar-refractivity contribution in [2.24, 2.45) is 0 Å². The largest absolute Gasteiger partial charge is 0.325 e. The van der Waals surface area contributed by atoms with Crippen LogP contribution < -0.4 is 16.2 Å². The van der Waals surface area contributed by atoms with Crippen LogP contribution in [-0.4, -0.2) is 22.6 Å². The average molecular weight is 425 g/mol. The monoisotopic (exact) mass is 424 g/mol. The number of hydrazine groups is 1. The number of nitrogens with one attached hydrogen (secondary N) is 3. The summed E-state index contributed by atoms with van der Waals surface area (Å²) in [5.41, 5.74) is 4.17. The highest BCUT2D eigenvalue weighted by molar-refractivity contribution is 6.33. The molecule has 0 bridgehead atoms. The second-order valence-corrected chi connectivity index (χ2v) is 6.27. The Balaban J connectivity index is 1.81. The molecular formula is C17H14Cl2N4O5. The first-order valence-corrected chi connectivity index (χ1v) is 8.61. The Hall–Kier alpha value is -3.17. The van der Waals surface area contributed by atoms with Crippen LogP contribution in [0, 0.1) is 10.1 Å². The van der Waals surface area contributed by atoms with Gasteiger partial charge in [-0.05, 0) is 24.3 Å². The van der Waals surface area contributed by atoms with Gasteiger partial charge in [0.05, 0.1) is 15.6 Å². The third-order valence-electron chi connectivity index (χ3n) is 3.45. The normalized spacial score (nSPS) is 10.1. The van der Waals surface area contributed by atoms with Gasteiger partial charge in [-0.3, -0.25) is 35.3 Å². The van der Waals surface area contributed by atoms with Crippen molar-refractivity contribution in [3.63, 3.8) is 0 Å². The summed E-state index contributed by atoms with van der Waals surface area (Å²) in [4.78, 5) is 45.7. The Labute approximate surface area is 169 Å². The first kappa shape index (κ1) is 21.1. The number of para-hydroxylation sites is 1. The van der Waals surface area contributed by atoms with E-state index in [-0.39, 0.29) is 23.4 Å². The summed E-state index contributed by atoms with van der Waals surface area (Å²) in [5, 5.41) is 13.7. The van der Waals surface area contributed by atoms with Gasteiger partial charge in [0, 0.05) is 24.5 Å². The number of anilines is 1. The third kappa shape index (κ3) is 5.93. The minimum Gasteiger partial charge on any atom is -0.325 e. The second-order valence-electron chi connectivity index (χ2n) is 5.45. The smallest absolute Gasteiger partial charge is 0.288 e. The molecule has 0 fully saturated rings. The molecule has 0 saturated heterocycles. The van der Waals surface area contributed by atoms with Gasteiger partial charge in [0.25, 0.3) is 11.6 Å². The lowest BCUT2D eigenvalue weighted by atomic mass is 10.2. The van der Waals surface area contributed by atoms with E-state index < -0.39 is 28.3 Å². The first-order valence-electron chi connectivity index (χ1n) is 7.85. The molecule has 11 heteroatoms. The maximum atomic E-state index is 12.0. The lowest BCUT2D eigenvalue weighted by Gasteiger charge is -2.09. The molecule has 0 unspecified atom stereocenters. The van der Waals surface area contributed by atoms with E-state index in [0.717, 1.165) is 6.07 Å². The molecule has 28 heavy (non-hydrogen) atoms. The lowest BCUT2D eigenvalue weighted by Crippen LogP contribution is -2.41. The van der Waals surface area contributed by atoms with Gasteiger partial charge in [-0.1, -0.05) is 35.3 Å². The Kier molecular flexibility index (Phi) is 7.30. The Morgan fingerprint density at radius 1 is 0.929 bits per heavy atom. The molecule has 2 aromatic rings. The van der Waals surface area contributed by atoms with E-state index >= 15 is 0 Å². The van der Waals surface area contributed by atoms with Gasteiger partial charge in [0.1, 0.15) is 5.02 Å². The van der Waals surface area contributed by atoms with Gasteiger partial charge >= 0.3 is 0 Å². The van der Waals surface area contributed by atoms with Crippen LogP contribution in [0.5, 0.6) is 0 Å². The van der Waals surface area contributed by atoms with Gasteiger partial charge in [-0.15, -0.1) is 0 Å². The highest BCUT2D eigenvalue weighted by atomic mass is 35.5. The molecule has 0 aliphatic heterocycles. The van der Waals surface area contributed by atoms with Gasteiger partial charge in [-0.25, -0.2) is 0 Å². The van der Waals surface area contributed by atoms with Crippen molar-refractivity contribution in [2.45, 2.75) is 12.8 Å². The predicted octanol–water partition coefficient (Wildman–Crippen LogP) is 3.08. The molecule has 2 rings (SSSR count). The number of carbonyl (C=O) groups excluding carboxylic acids is 3. The number of nitro groups is 1. The van der Waals surface area contributed by atoms with Crippen LogP contribution in [0.25, 0.3) is 0 Å². The SMILES string of the molecule is O=C(CCC(=O)Nc1ccccc1Cl)NNC(=O)c1ccc(Cl)c([N+](=O)[O-])c1. The highest BCUT2D eigenvalue weighted by Crippen LogP contribution is 2.25. The molecule has 2 aromatic carbocycles. The van der Waals surface area contributed by atoms with Crippen molar-refractivity contribution in [3.8, 4) is 0 Å². The van der Waals surface area contributed by atoms with Crippen molar-refractivity contribution >= 4 is 52.3 Å². The van der Waals surface area contributed by atoms with E-state index in [4.69, 9.17) is 23.2 Å². The molecular weight excluding hydrogens is 411 g/mol. The van der Waals surface area contributed by atoms with Gasteiger partial charge in [0.15, 0.2) is 0 Å². The van der Waals surface area contributed by atoms with E-state index in [1.165, 1.54) is 12.1 Å². The zero-order valence-electron chi connectivity index (χ0n) is 14.2. The highest BCUT2D eigenvalue weighted by Gasteiger charge is 2.17. The Bertz CT molecular complexity index is 936. The number of halogens is 2. The molecule has 0 aliphatic rings. The van der Waals surface area contributed by atoms with Gasteiger partial charge in [-0.2, -0.15) is 0 Å². The Morgan fingerprint density at radius 2 is 1.61 bits per heavy atom. The summed E-state index contributed by atoms with van der Waals surface area (Å²) in [6.45, 7) is 0. The minimum absolute atomic E-state index is 0.0622. The van der Waals surface area contributed by atoms with Crippen molar-refractivity contribution in [2.75, 3.05) is 5.32 Å². The summed E-state index contributed by atoms with van der Waals surface area (Å²) in [5.74, 6) is -1.82. The van der Waals surface area contributed by atoms with Crippen molar-refractivity contribution in [3.05, 3.63) is 68.2 Å². The molecule has 0 atom stereocenters. The molecule has 3 N–H and O–H groups in total. The third-order valence-corrected chi connectivity index (χ3v) is 4.10. The van der Waals surface area contributed by atoms with Crippen LogP contribution in [0.3, 0.4) is 0 Å². The number of hydrogen-bond acceptors (Lipinski definition) is 5. The van der Waals surface area contributed by atoms with Crippen LogP contribution in [0.2, 0.25) is 10.0 Å². The fraction of sp³-hybridized carbons (Fsp3) is 0.118. The topological polar surface area (TPSA) is 130 Å². The van der Waals surface area contributed by atoms with Crippen LogP contribution in [0.4, 0.5) is 11.4 Å². The molecule has 0 aliphatic carbocycles. The molecule has 3 amide bonds. The molecule has 0 aromatic heterocycles. The Morgan fingerprint density at radius 3 is 2.29 bits per heavy atom. The van der Waals surface area contributed by atoms with E-state index in [1.807, 2.05) is 0 Å². The summed E-state index contributed by atoms with van der Waals surface area (Å²) >= 11 is 11.6. The van der Waals surface area contributed by atoms with E-state index in [1.54, 1.807) is 24.3 Å². The lowest BCUT2D eigenvalue weighted by molar-refractivity contribution is -0.384. The second kappa shape index (κ2) is 9.67. The fourth-order valence-electron chi connectivity index (χ4n) is 2.06. The number of nitro benzene ring substituents is 1. The molecule has 0 spiro atoms. The maximum absolute atomic E-state index is 12.0. The van der Waals surface area contributed by atoms with Crippen LogP contribution >= 0.6 is 23.2 Å². The van der Waals surface area contributed by atoms with Crippen molar-refractivity contribution in [1.29, 1.82) is 0 Å². The average Bonchev–Trinajstić information content (AvgIpc) is 2.66. The zero-order valence-corrected chi connectivity index (χ0v) is 15.7. The number of rotatable bonds is 6. The summed E-state index contributed by atoms with van der Waals surface area (Å²) in [6.07, 6.45) is -0.337. The number of benzene rings is 2. The number of carbonyl (C=O) groups is 3. The van der Waals surface area contributed by atoms with Crippen molar-refractivity contribution < 1.29 is 19.3 Å². The molecule has 0 saturated carbocycles. The fourth-order valence-corrected chi connectivity index (χ4v) is 2.43.